The van der Waals surface area contributed by atoms with Gasteiger partial charge in [-0.3, -0.25) is 0 Å². The van der Waals surface area contributed by atoms with E-state index in [2.05, 4.69) is 20.8 Å². The van der Waals surface area contributed by atoms with Crippen molar-refractivity contribution in [2.24, 2.45) is 5.92 Å². The Balaban J connectivity index is 1.89. The van der Waals surface area contributed by atoms with Crippen molar-refractivity contribution in [2.45, 2.75) is 40.3 Å². The lowest BCUT2D eigenvalue weighted by molar-refractivity contribution is 0.110. The topological polar surface area (TPSA) is 89.3 Å². The average molecular weight is 346 g/mol. The van der Waals surface area contributed by atoms with Gasteiger partial charge in [-0.15, -0.1) is 0 Å². The molecule has 0 bridgehead atoms. The summed E-state index contributed by atoms with van der Waals surface area (Å²) in [7, 11) is 0. The highest BCUT2D eigenvalue weighted by atomic mass is 16.5. The summed E-state index contributed by atoms with van der Waals surface area (Å²) in [6, 6.07) is 7.45. The Morgan fingerprint density at radius 2 is 2.08 bits per heavy atom. The summed E-state index contributed by atoms with van der Waals surface area (Å²) < 4.78 is 10.7. The van der Waals surface area contributed by atoms with Crippen LogP contribution in [0.1, 0.15) is 32.2 Å². The Bertz CT molecular complexity index is 684. The fourth-order valence-electron chi connectivity index (χ4n) is 2.27. The van der Waals surface area contributed by atoms with Crippen LogP contribution in [0.25, 0.3) is 11.5 Å². The van der Waals surface area contributed by atoms with Crippen molar-refractivity contribution in [3.8, 4) is 11.5 Å². The van der Waals surface area contributed by atoms with Gasteiger partial charge in [-0.25, -0.2) is 4.79 Å². The highest BCUT2D eigenvalue weighted by molar-refractivity contribution is 5.74. The van der Waals surface area contributed by atoms with Crippen molar-refractivity contribution in [1.29, 1.82) is 0 Å². The highest BCUT2D eigenvalue weighted by Gasteiger charge is 2.17. The van der Waals surface area contributed by atoms with E-state index in [9.17, 15) is 4.79 Å². The van der Waals surface area contributed by atoms with Crippen molar-refractivity contribution in [2.75, 3.05) is 13.2 Å². The number of nitrogens with zero attached hydrogens (tertiary/aromatic N) is 2. The first kappa shape index (κ1) is 18.9. The third-order valence-electron chi connectivity index (χ3n) is 3.87. The maximum absolute atomic E-state index is 12.1. The van der Waals surface area contributed by atoms with Crippen LogP contribution in [-0.4, -0.2) is 35.4 Å². The normalized spacial score (nSPS) is 12.2. The van der Waals surface area contributed by atoms with Gasteiger partial charge in [-0.05, 0) is 31.4 Å². The van der Waals surface area contributed by atoms with Crippen molar-refractivity contribution < 1.29 is 14.1 Å². The summed E-state index contributed by atoms with van der Waals surface area (Å²) in [5.74, 6) is 1.15. The predicted octanol–water partition coefficient (Wildman–Crippen LogP) is 2.91. The maximum atomic E-state index is 12.1. The highest BCUT2D eigenvalue weighted by Crippen LogP contribution is 2.20. The number of aromatic nitrogens is 2. The molecule has 1 aromatic carbocycles. The van der Waals surface area contributed by atoms with Crippen LogP contribution >= 0.6 is 0 Å². The van der Waals surface area contributed by atoms with E-state index in [0.717, 1.165) is 11.1 Å². The Labute approximate surface area is 148 Å². The fraction of sp³-hybridized carbons (Fsp3) is 0.500. The van der Waals surface area contributed by atoms with E-state index in [-0.39, 0.29) is 24.5 Å². The molecule has 2 rings (SSSR count). The summed E-state index contributed by atoms with van der Waals surface area (Å²) in [6.07, 6.45) is 0. The molecule has 0 aliphatic heterocycles. The van der Waals surface area contributed by atoms with E-state index in [1.54, 1.807) is 0 Å². The number of hydrogen-bond donors (Lipinski definition) is 2. The second-order valence-corrected chi connectivity index (χ2v) is 6.17. The van der Waals surface area contributed by atoms with Gasteiger partial charge in [0.1, 0.15) is 0 Å². The lowest BCUT2D eigenvalue weighted by atomic mass is 10.1. The molecule has 0 radical (unpaired) electrons. The maximum Gasteiger partial charge on any atom is 0.315 e. The first-order chi connectivity index (χ1) is 12.0. The molecule has 1 heterocycles. The van der Waals surface area contributed by atoms with Crippen molar-refractivity contribution >= 4 is 6.03 Å². The Hall–Kier alpha value is -2.41. The van der Waals surface area contributed by atoms with E-state index in [0.29, 0.717) is 24.9 Å². The van der Waals surface area contributed by atoms with E-state index in [1.807, 2.05) is 52.0 Å². The molecule has 0 unspecified atom stereocenters. The lowest BCUT2D eigenvalue weighted by Crippen LogP contribution is -2.46. The summed E-state index contributed by atoms with van der Waals surface area (Å²) in [4.78, 5) is 16.4. The molecule has 0 fully saturated rings. The molecule has 1 aromatic heterocycles. The Morgan fingerprint density at radius 3 is 2.76 bits per heavy atom. The molecule has 0 spiro atoms. The van der Waals surface area contributed by atoms with E-state index < -0.39 is 0 Å². The fourth-order valence-corrected chi connectivity index (χ4v) is 2.27. The first-order valence-corrected chi connectivity index (χ1v) is 8.52. The first-order valence-electron chi connectivity index (χ1n) is 8.52. The molecule has 7 heteroatoms. The SMILES string of the molecule is CCOC[C@H](NC(=O)NCc1noc(-c2ccccc2C)n1)C(C)C. The minimum Gasteiger partial charge on any atom is -0.380 e. The van der Waals surface area contributed by atoms with Gasteiger partial charge in [-0.1, -0.05) is 37.2 Å². The number of rotatable bonds is 8. The van der Waals surface area contributed by atoms with Crippen LogP contribution in [0.15, 0.2) is 28.8 Å². The molecule has 136 valence electrons. The Kier molecular flexibility index (Phi) is 6.94. The summed E-state index contributed by atoms with van der Waals surface area (Å²) >= 11 is 0. The number of carbonyl (C=O) groups excluding carboxylic acids is 1. The van der Waals surface area contributed by atoms with Crippen molar-refractivity contribution in [1.82, 2.24) is 20.8 Å². The second-order valence-electron chi connectivity index (χ2n) is 6.17. The molecule has 2 N–H and O–H groups in total. The molecule has 2 aromatic rings. The molecule has 25 heavy (non-hydrogen) atoms. The van der Waals surface area contributed by atoms with Crippen LogP contribution in [0.2, 0.25) is 0 Å². The number of amides is 2. The smallest absolute Gasteiger partial charge is 0.315 e. The Morgan fingerprint density at radius 1 is 1.32 bits per heavy atom. The van der Waals surface area contributed by atoms with Gasteiger partial charge in [0.15, 0.2) is 5.82 Å². The molecule has 0 saturated heterocycles. The third-order valence-corrected chi connectivity index (χ3v) is 3.87. The van der Waals surface area contributed by atoms with Gasteiger partial charge in [0.2, 0.25) is 0 Å². The van der Waals surface area contributed by atoms with Crippen LogP contribution in [0, 0.1) is 12.8 Å². The minimum atomic E-state index is -0.277. The standard InChI is InChI=1S/C18H26N4O3/c1-5-24-11-15(12(2)3)20-18(23)19-10-16-21-17(25-22-16)14-9-7-6-8-13(14)4/h6-9,12,15H,5,10-11H2,1-4H3,(H2,19,20,23)/t15-/m0/s1. The van der Waals surface area contributed by atoms with E-state index in [4.69, 9.17) is 9.26 Å². The van der Waals surface area contributed by atoms with Crippen LogP contribution in [0.5, 0.6) is 0 Å². The average Bonchev–Trinajstić information content (AvgIpc) is 3.05. The molecule has 7 nitrogen and oxygen atoms in total. The van der Waals surface area contributed by atoms with Crippen LogP contribution in [0.4, 0.5) is 4.79 Å². The van der Waals surface area contributed by atoms with E-state index >= 15 is 0 Å². The van der Waals surface area contributed by atoms with Gasteiger partial charge in [0.25, 0.3) is 5.89 Å². The zero-order chi connectivity index (χ0) is 18.2. The zero-order valence-electron chi connectivity index (χ0n) is 15.2. The van der Waals surface area contributed by atoms with Crippen LogP contribution < -0.4 is 10.6 Å². The quantitative estimate of drug-likeness (QED) is 0.767. The summed E-state index contributed by atoms with van der Waals surface area (Å²) in [5, 5.41) is 9.57. The van der Waals surface area contributed by atoms with Gasteiger partial charge >= 0.3 is 6.03 Å². The van der Waals surface area contributed by atoms with Gasteiger partial charge < -0.3 is 19.9 Å². The number of carbonyl (C=O) groups is 1. The molecule has 0 saturated carbocycles. The van der Waals surface area contributed by atoms with Crippen LogP contribution in [-0.2, 0) is 11.3 Å². The van der Waals surface area contributed by atoms with Gasteiger partial charge in [0.05, 0.1) is 19.2 Å². The minimum absolute atomic E-state index is 0.0484. The third kappa shape index (κ3) is 5.56. The largest absolute Gasteiger partial charge is 0.380 e. The zero-order valence-corrected chi connectivity index (χ0v) is 15.2. The summed E-state index contributed by atoms with van der Waals surface area (Å²) in [6.45, 7) is 9.29. The monoisotopic (exact) mass is 346 g/mol. The number of hydrogen-bond acceptors (Lipinski definition) is 5. The van der Waals surface area contributed by atoms with Gasteiger partial charge in [-0.2, -0.15) is 4.98 Å². The number of ether oxygens (including phenoxy) is 1. The van der Waals surface area contributed by atoms with Crippen LogP contribution in [0.3, 0.4) is 0 Å². The second kappa shape index (κ2) is 9.17. The molecule has 2 amide bonds. The van der Waals surface area contributed by atoms with Crippen molar-refractivity contribution in [3.05, 3.63) is 35.7 Å². The molecular weight excluding hydrogens is 320 g/mol. The molecule has 1 atom stereocenters. The predicted molar refractivity (Wildman–Crippen MR) is 95.0 cm³/mol. The van der Waals surface area contributed by atoms with Gasteiger partial charge in [0, 0.05) is 12.2 Å². The van der Waals surface area contributed by atoms with E-state index in [1.165, 1.54) is 0 Å². The number of nitrogens with one attached hydrogen (secondary N) is 2. The number of benzene rings is 1. The number of urea groups is 1. The molecule has 0 aliphatic carbocycles. The lowest BCUT2D eigenvalue weighted by Gasteiger charge is -2.22. The number of aryl methyl sites for hydroxylation is 1. The van der Waals surface area contributed by atoms with Crippen molar-refractivity contribution in [3.63, 3.8) is 0 Å². The molecule has 0 aliphatic rings. The summed E-state index contributed by atoms with van der Waals surface area (Å²) in [5.41, 5.74) is 1.95. The molecular formula is C18H26N4O3.